The van der Waals surface area contributed by atoms with Crippen molar-refractivity contribution in [3.05, 3.63) is 113 Å². The van der Waals surface area contributed by atoms with Gasteiger partial charge in [0.25, 0.3) is 0 Å². The second-order valence-electron chi connectivity index (χ2n) is 11.5. The van der Waals surface area contributed by atoms with Gasteiger partial charge in [-0.2, -0.15) is 4.98 Å². The molecule has 0 amide bonds. The minimum Gasteiger partial charge on any atom is -0.473 e. The lowest BCUT2D eigenvalue weighted by atomic mass is 9.79. The molecule has 6 rings (SSSR count). The van der Waals surface area contributed by atoms with Crippen LogP contribution >= 0.6 is 0 Å². The molecule has 0 unspecified atom stereocenters. The summed E-state index contributed by atoms with van der Waals surface area (Å²) in [6.45, 7) is 8.74. The Hall–Kier alpha value is -4.34. The van der Waals surface area contributed by atoms with Crippen LogP contribution in [0, 0.1) is 0 Å². The molecule has 3 aromatic carbocycles. The average Bonchev–Trinajstić information content (AvgIpc) is 3.37. The lowest BCUT2D eigenvalue weighted by Gasteiger charge is -2.32. The summed E-state index contributed by atoms with van der Waals surface area (Å²) in [7, 11) is 1.22. The van der Waals surface area contributed by atoms with E-state index in [0.29, 0.717) is 29.6 Å². The number of aromatic nitrogens is 3. The van der Waals surface area contributed by atoms with Crippen molar-refractivity contribution >= 4 is 23.6 Å². The molecule has 214 valence electrons. The normalized spacial score (nSPS) is 15.7. The Kier molecular flexibility index (Phi) is 7.16. The highest BCUT2D eigenvalue weighted by atomic mass is 16.7. The van der Waals surface area contributed by atoms with E-state index < -0.39 is 18.3 Å². The van der Waals surface area contributed by atoms with Crippen molar-refractivity contribution in [1.82, 2.24) is 14.1 Å². The van der Waals surface area contributed by atoms with E-state index in [-0.39, 0.29) is 12.3 Å². The number of rotatable bonds is 8. The molecule has 0 spiro atoms. The van der Waals surface area contributed by atoms with E-state index in [2.05, 4.69) is 0 Å². The van der Waals surface area contributed by atoms with Crippen molar-refractivity contribution in [2.45, 2.75) is 52.1 Å². The van der Waals surface area contributed by atoms with E-state index in [1.54, 1.807) is 22.2 Å². The third-order valence-corrected chi connectivity index (χ3v) is 8.11. The molecule has 0 saturated carbocycles. The van der Waals surface area contributed by atoms with Gasteiger partial charge < -0.3 is 18.8 Å². The predicted molar refractivity (Wildman–Crippen MR) is 164 cm³/mol. The quantitative estimate of drug-likeness (QED) is 0.242. The van der Waals surface area contributed by atoms with Crippen LogP contribution in [0.15, 0.2) is 95.8 Å². The molecular weight excluding hydrogens is 529 g/mol. The molecule has 2 aromatic heterocycles. The van der Waals surface area contributed by atoms with Crippen LogP contribution in [-0.4, -0.2) is 32.4 Å². The zero-order chi connectivity index (χ0) is 29.5. The zero-order valence-electron chi connectivity index (χ0n) is 24.5. The van der Waals surface area contributed by atoms with E-state index in [1.165, 1.54) is 0 Å². The van der Waals surface area contributed by atoms with Gasteiger partial charge in [0.15, 0.2) is 0 Å². The van der Waals surface area contributed by atoms with Crippen LogP contribution in [0.4, 0.5) is 0 Å². The topological polar surface area (TPSA) is 76.7 Å². The second-order valence-corrected chi connectivity index (χ2v) is 11.5. The summed E-state index contributed by atoms with van der Waals surface area (Å²) in [6, 6.07) is 29.1. The lowest BCUT2D eigenvalue weighted by molar-refractivity contribution is 0.00578. The molecule has 1 aliphatic rings. The van der Waals surface area contributed by atoms with E-state index in [0.717, 1.165) is 22.1 Å². The number of hydrogen-bond donors (Lipinski definition) is 0. The van der Waals surface area contributed by atoms with Crippen LogP contribution in [0.3, 0.4) is 0 Å². The van der Waals surface area contributed by atoms with Gasteiger partial charge in [-0.15, -0.1) is 0 Å². The third kappa shape index (κ3) is 5.21. The standard InChI is InChI=1S/C33H34BN3O5/c1-32(2)33(3,4)42-34(41-32)25-16-17-26-28(20-25)36(5)31(38)37(26)27-18-19-29(39-21-23-12-8-6-9-13-23)35-30(27)40-22-24-14-10-7-11-15-24/h6-20H,21-22H2,1-5H3. The third-order valence-electron chi connectivity index (χ3n) is 8.11. The molecule has 0 atom stereocenters. The summed E-state index contributed by atoms with van der Waals surface area (Å²) in [5.74, 6) is 0.705. The minimum atomic E-state index is -0.537. The van der Waals surface area contributed by atoms with Crippen molar-refractivity contribution in [1.29, 1.82) is 0 Å². The highest BCUT2D eigenvalue weighted by molar-refractivity contribution is 6.62. The molecule has 3 heterocycles. The number of imidazole rings is 1. The number of fused-ring (bicyclic) bond motifs is 1. The van der Waals surface area contributed by atoms with Crippen molar-refractivity contribution in [3.8, 4) is 17.4 Å². The summed E-state index contributed by atoms with van der Waals surface area (Å²) < 4.78 is 28.0. The second kappa shape index (κ2) is 10.8. The van der Waals surface area contributed by atoms with E-state index >= 15 is 0 Å². The van der Waals surface area contributed by atoms with Gasteiger partial charge in [0, 0.05) is 13.1 Å². The molecule has 0 aliphatic carbocycles. The van der Waals surface area contributed by atoms with Crippen LogP contribution in [-0.2, 0) is 29.6 Å². The summed E-state index contributed by atoms with van der Waals surface area (Å²) >= 11 is 0. The Morgan fingerprint density at radius 1 is 0.762 bits per heavy atom. The summed E-state index contributed by atoms with van der Waals surface area (Å²) in [5.41, 5.74) is 3.68. The molecule has 1 aliphatic heterocycles. The van der Waals surface area contributed by atoms with E-state index in [4.69, 9.17) is 23.8 Å². The molecule has 0 radical (unpaired) electrons. The minimum absolute atomic E-state index is 0.222. The molecule has 1 saturated heterocycles. The Bertz CT molecular complexity index is 1760. The SMILES string of the molecule is Cn1c(=O)n(-c2ccc(OCc3ccccc3)nc2OCc2ccccc2)c2ccc(B3OC(C)(C)C(C)(C)O3)cc21. The first-order chi connectivity index (χ1) is 20.1. The predicted octanol–water partition coefficient (Wildman–Crippen LogP) is 5.18. The Labute approximate surface area is 245 Å². The highest BCUT2D eigenvalue weighted by Gasteiger charge is 2.51. The van der Waals surface area contributed by atoms with Gasteiger partial charge in [0.1, 0.15) is 18.9 Å². The number of ether oxygens (including phenoxy) is 2. The number of pyridine rings is 1. The van der Waals surface area contributed by atoms with E-state index in [1.807, 2.05) is 113 Å². The van der Waals surface area contributed by atoms with Gasteiger partial charge in [-0.1, -0.05) is 66.7 Å². The molecule has 5 aromatic rings. The summed E-state index contributed by atoms with van der Waals surface area (Å²) in [5, 5.41) is 0. The van der Waals surface area contributed by atoms with Gasteiger partial charge in [0.2, 0.25) is 11.8 Å². The number of nitrogens with zero attached hydrogens (tertiary/aromatic N) is 3. The van der Waals surface area contributed by atoms with Gasteiger partial charge in [-0.05, 0) is 62.5 Å². The first-order valence-corrected chi connectivity index (χ1v) is 14.0. The molecule has 9 heteroatoms. The van der Waals surface area contributed by atoms with Crippen molar-refractivity contribution in [2.75, 3.05) is 0 Å². The largest absolute Gasteiger partial charge is 0.494 e. The Morgan fingerprint density at radius 2 is 1.36 bits per heavy atom. The zero-order valence-corrected chi connectivity index (χ0v) is 24.5. The van der Waals surface area contributed by atoms with Crippen LogP contribution in [0.1, 0.15) is 38.8 Å². The lowest BCUT2D eigenvalue weighted by Crippen LogP contribution is -2.41. The molecular formula is C33H34BN3O5. The molecule has 42 heavy (non-hydrogen) atoms. The smallest absolute Gasteiger partial charge is 0.473 e. The van der Waals surface area contributed by atoms with Crippen molar-refractivity contribution in [2.24, 2.45) is 7.05 Å². The maximum Gasteiger partial charge on any atom is 0.494 e. The fourth-order valence-electron chi connectivity index (χ4n) is 4.94. The van der Waals surface area contributed by atoms with Crippen LogP contribution < -0.4 is 20.6 Å². The van der Waals surface area contributed by atoms with Crippen molar-refractivity contribution < 1.29 is 18.8 Å². The maximum absolute atomic E-state index is 13.7. The fourth-order valence-corrected chi connectivity index (χ4v) is 4.94. The molecule has 8 nitrogen and oxygen atoms in total. The van der Waals surface area contributed by atoms with Gasteiger partial charge in [-0.25, -0.2) is 4.79 Å². The van der Waals surface area contributed by atoms with Crippen molar-refractivity contribution in [3.63, 3.8) is 0 Å². The van der Waals surface area contributed by atoms with Crippen LogP contribution in [0.2, 0.25) is 0 Å². The van der Waals surface area contributed by atoms with E-state index in [9.17, 15) is 4.79 Å². The number of aryl methyl sites for hydroxylation is 1. The molecule has 1 fully saturated rings. The first-order valence-electron chi connectivity index (χ1n) is 14.0. The summed E-state index contributed by atoms with van der Waals surface area (Å²) in [4.78, 5) is 18.4. The maximum atomic E-state index is 13.7. The summed E-state index contributed by atoms with van der Waals surface area (Å²) in [6.07, 6.45) is 0. The van der Waals surface area contributed by atoms with Crippen LogP contribution in [0.5, 0.6) is 11.8 Å². The Balaban J connectivity index is 1.38. The number of benzene rings is 3. The number of hydrogen-bond acceptors (Lipinski definition) is 6. The van der Waals surface area contributed by atoms with Gasteiger partial charge in [0.05, 0.1) is 22.2 Å². The van der Waals surface area contributed by atoms with Gasteiger partial charge in [-0.3, -0.25) is 9.13 Å². The monoisotopic (exact) mass is 563 g/mol. The average molecular weight is 563 g/mol. The first kappa shape index (κ1) is 27.8. The molecule has 0 bridgehead atoms. The fraction of sp³-hybridized carbons (Fsp3) is 0.273. The van der Waals surface area contributed by atoms with Crippen LogP contribution in [0.25, 0.3) is 16.7 Å². The van der Waals surface area contributed by atoms with Gasteiger partial charge >= 0.3 is 12.8 Å². The highest BCUT2D eigenvalue weighted by Crippen LogP contribution is 2.37. The molecule has 0 N–H and O–H groups in total. The Morgan fingerprint density at radius 3 is 1.98 bits per heavy atom.